The van der Waals surface area contributed by atoms with Crippen molar-refractivity contribution in [3.05, 3.63) is 135 Å². The van der Waals surface area contributed by atoms with E-state index < -0.39 is 17.3 Å². The standard InChI is InChI=1S/C28H21Cl2FN2O3/c29-23-15-19(16-24(30)26(23)36-18-20-9-7-8-14-25(20)31)17-32-33-27(34)28(35,21-10-3-1-4-11-21)22-12-5-2-6-13-22/h1-17,35H,18H2,(H,33,34)/b32-17+. The van der Waals surface area contributed by atoms with Gasteiger partial charge in [0.1, 0.15) is 12.4 Å². The van der Waals surface area contributed by atoms with Crippen molar-refractivity contribution in [2.45, 2.75) is 12.2 Å². The summed E-state index contributed by atoms with van der Waals surface area (Å²) in [7, 11) is 0. The van der Waals surface area contributed by atoms with E-state index in [2.05, 4.69) is 10.5 Å². The number of carbonyl (C=O) groups is 1. The smallest absolute Gasteiger partial charge is 0.281 e. The van der Waals surface area contributed by atoms with Gasteiger partial charge in [-0.15, -0.1) is 0 Å². The summed E-state index contributed by atoms with van der Waals surface area (Å²) in [6, 6.07) is 26.5. The Hall–Kier alpha value is -3.71. The normalized spacial score (nSPS) is 11.4. The van der Waals surface area contributed by atoms with Gasteiger partial charge >= 0.3 is 0 Å². The summed E-state index contributed by atoms with van der Waals surface area (Å²) in [5, 5.41) is 15.8. The molecule has 0 spiro atoms. The topological polar surface area (TPSA) is 70.9 Å². The molecule has 36 heavy (non-hydrogen) atoms. The number of hydrogen-bond donors (Lipinski definition) is 2. The molecule has 0 fully saturated rings. The molecule has 0 aliphatic carbocycles. The van der Waals surface area contributed by atoms with Crippen LogP contribution in [0.2, 0.25) is 10.0 Å². The van der Waals surface area contributed by atoms with Crippen LogP contribution in [-0.4, -0.2) is 17.2 Å². The SMILES string of the molecule is O=C(N/N=C/c1cc(Cl)c(OCc2ccccc2F)c(Cl)c1)C(O)(c1ccccc1)c1ccccc1. The van der Waals surface area contributed by atoms with E-state index in [-0.39, 0.29) is 22.4 Å². The molecular weight excluding hydrogens is 502 g/mol. The fourth-order valence-electron chi connectivity index (χ4n) is 3.59. The van der Waals surface area contributed by atoms with Crippen LogP contribution in [-0.2, 0) is 17.0 Å². The largest absolute Gasteiger partial charge is 0.486 e. The van der Waals surface area contributed by atoms with Crippen molar-refractivity contribution in [1.82, 2.24) is 5.43 Å². The predicted octanol–water partition coefficient (Wildman–Crippen LogP) is 6.10. The molecule has 0 aromatic heterocycles. The first-order valence-corrected chi connectivity index (χ1v) is 11.7. The third-order valence-electron chi connectivity index (χ3n) is 5.44. The van der Waals surface area contributed by atoms with Crippen LogP contribution in [0, 0.1) is 5.82 Å². The molecule has 2 N–H and O–H groups in total. The summed E-state index contributed by atoms with van der Waals surface area (Å²) in [4.78, 5) is 13.1. The van der Waals surface area contributed by atoms with Crippen molar-refractivity contribution in [1.29, 1.82) is 0 Å². The summed E-state index contributed by atoms with van der Waals surface area (Å²) < 4.78 is 19.5. The molecular formula is C28H21Cl2FN2O3. The highest BCUT2D eigenvalue weighted by Crippen LogP contribution is 2.35. The molecule has 0 unspecified atom stereocenters. The Kier molecular flexibility index (Phi) is 8.00. The van der Waals surface area contributed by atoms with E-state index in [1.54, 1.807) is 91.0 Å². The quantitative estimate of drug-likeness (QED) is 0.217. The number of aliphatic hydroxyl groups is 1. The second kappa shape index (κ2) is 11.4. The average molecular weight is 523 g/mol. The molecule has 0 heterocycles. The molecule has 8 heteroatoms. The predicted molar refractivity (Wildman–Crippen MR) is 139 cm³/mol. The molecule has 0 radical (unpaired) electrons. The van der Waals surface area contributed by atoms with E-state index >= 15 is 0 Å². The Morgan fingerprint density at radius 1 is 0.917 bits per heavy atom. The number of carbonyl (C=O) groups excluding carboxylic acids is 1. The third kappa shape index (κ3) is 5.57. The summed E-state index contributed by atoms with van der Waals surface area (Å²) >= 11 is 12.6. The van der Waals surface area contributed by atoms with Gasteiger partial charge in [0, 0.05) is 5.56 Å². The van der Waals surface area contributed by atoms with E-state index in [0.717, 1.165) is 0 Å². The number of halogens is 3. The zero-order chi connectivity index (χ0) is 25.5. The Morgan fingerprint density at radius 3 is 2.00 bits per heavy atom. The lowest BCUT2D eigenvalue weighted by Gasteiger charge is -2.27. The van der Waals surface area contributed by atoms with Crippen LogP contribution in [0.4, 0.5) is 4.39 Å². The maximum atomic E-state index is 13.8. The van der Waals surface area contributed by atoms with E-state index in [1.165, 1.54) is 12.3 Å². The van der Waals surface area contributed by atoms with Gasteiger partial charge in [-0.2, -0.15) is 5.10 Å². The number of nitrogens with zero attached hydrogens (tertiary/aromatic N) is 1. The number of nitrogens with one attached hydrogen (secondary N) is 1. The van der Waals surface area contributed by atoms with Crippen molar-refractivity contribution in [2.75, 3.05) is 0 Å². The van der Waals surface area contributed by atoms with Gasteiger partial charge in [-0.25, -0.2) is 9.82 Å². The summed E-state index contributed by atoms with van der Waals surface area (Å²) in [6.07, 6.45) is 1.34. The number of ether oxygens (including phenoxy) is 1. The first-order chi connectivity index (χ1) is 17.4. The molecule has 0 atom stereocenters. The molecule has 0 aliphatic rings. The fraction of sp³-hybridized carbons (Fsp3) is 0.0714. The van der Waals surface area contributed by atoms with E-state index in [9.17, 15) is 14.3 Å². The lowest BCUT2D eigenvalue weighted by atomic mass is 9.85. The molecule has 4 aromatic rings. The summed E-state index contributed by atoms with van der Waals surface area (Å²) in [5.74, 6) is -0.932. The van der Waals surface area contributed by atoms with Gasteiger partial charge in [-0.3, -0.25) is 4.79 Å². The van der Waals surface area contributed by atoms with Crippen LogP contribution in [0.25, 0.3) is 0 Å². The molecule has 0 saturated carbocycles. The van der Waals surface area contributed by atoms with Gasteiger partial charge < -0.3 is 9.84 Å². The van der Waals surface area contributed by atoms with Crippen molar-refractivity contribution in [2.24, 2.45) is 5.10 Å². The Balaban J connectivity index is 1.50. The molecule has 4 aromatic carbocycles. The van der Waals surface area contributed by atoms with E-state index in [4.69, 9.17) is 27.9 Å². The molecule has 182 valence electrons. The lowest BCUT2D eigenvalue weighted by molar-refractivity contribution is -0.136. The Bertz CT molecular complexity index is 1320. The number of rotatable bonds is 8. The summed E-state index contributed by atoms with van der Waals surface area (Å²) in [6.45, 7) is -0.0485. The first-order valence-electron chi connectivity index (χ1n) is 10.9. The third-order valence-corrected chi connectivity index (χ3v) is 6.00. The minimum Gasteiger partial charge on any atom is -0.486 e. The molecule has 0 aliphatic heterocycles. The zero-order valence-electron chi connectivity index (χ0n) is 18.9. The Labute approximate surface area is 217 Å². The van der Waals surface area contributed by atoms with Crippen LogP contribution >= 0.6 is 23.2 Å². The van der Waals surface area contributed by atoms with Crippen molar-refractivity contribution >= 4 is 35.3 Å². The van der Waals surface area contributed by atoms with E-state index in [1.807, 2.05) is 0 Å². The minimum absolute atomic E-state index is 0.0485. The maximum absolute atomic E-state index is 13.8. The van der Waals surface area contributed by atoms with Crippen LogP contribution in [0.3, 0.4) is 0 Å². The molecule has 1 amide bonds. The average Bonchev–Trinajstić information content (AvgIpc) is 2.89. The zero-order valence-corrected chi connectivity index (χ0v) is 20.4. The second-order valence-corrected chi connectivity index (χ2v) is 8.65. The van der Waals surface area contributed by atoms with Crippen molar-refractivity contribution < 1.29 is 19.0 Å². The van der Waals surface area contributed by atoms with Gasteiger partial charge in [-0.1, -0.05) is 102 Å². The monoisotopic (exact) mass is 522 g/mol. The number of amides is 1. The van der Waals surface area contributed by atoms with Crippen LogP contribution in [0.5, 0.6) is 5.75 Å². The molecule has 4 rings (SSSR count). The van der Waals surface area contributed by atoms with Crippen LogP contribution < -0.4 is 10.2 Å². The number of hydrazone groups is 1. The second-order valence-electron chi connectivity index (χ2n) is 7.84. The van der Waals surface area contributed by atoms with Gasteiger partial charge in [0.25, 0.3) is 5.91 Å². The number of benzene rings is 4. The van der Waals surface area contributed by atoms with Crippen molar-refractivity contribution in [3.63, 3.8) is 0 Å². The molecule has 5 nitrogen and oxygen atoms in total. The van der Waals surface area contributed by atoms with Gasteiger partial charge in [-0.05, 0) is 34.9 Å². The van der Waals surface area contributed by atoms with Crippen LogP contribution in [0.1, 0.15) is 22.3 Å². The first kappa shape index (κ1) is 25.4. The highest BCUT2D eigenvalue weighted by molar-refractivity contribution is 6.37. The van der Waals surface area contributed by atoms with E-state index in [0.29, 0.717) is 22.3 Å². The highest BCUT2D eigenvalue weighted by atomic mass is 35.5. The highest BCUT2D eigenvalue weighted by Gasteiger charge is 2.39. The van der Waals surface area contributed by atoms with Gasteiger partial charge in [0.2, 0.25) is 0 Å². The van der Waals surface area contributed by atoms with Gasteiger partial charge in [0.15, 0.2) is 11.4 Å². The fourth-order valence-corrected chi connectivity index (χ4v) is 4.20. The minimum atomic E-state index is -1.96. The Morgan fingerprint density at radius 2 is 1.44 bits per heavy atom. The lowest BCUT2D eigenvalue weighted by Crippen LogP contribution is -2.43. The number of hydrogen-bond acceptors (Lipinski definition) is 4. The summed E-state index contributed by atoms with van der Waals surface area (Å²) in [5.41, 5.74) is 2.07. The van der Waals surface area contributed by atoms with Crippen molar-refractivity contribution in [3.8, 4) is 5.75 Å². The molecule has 0 saturated heterocycles. The van der Waals surface area contributed by atoms with Gasteiger partial charge in [0.05, 0.1) is 16.3 Å². The van der Waals surface area contributed by atoms with Crippen LogP contribution in [0.15, 0.2) is 102 Å². The maximum Gasteiger partial charge on any atom is 0.281 e. The molecule has 0 bridgehead atoms.